The molecule has 5 rings (SSSR count). The smallest absolute Gasteiger partial charge is 0.323 e. The maximum absolute atomic E-state index is 12.2. The monoisotopic (exact) mass is 466 g/mol. The number of anilines is 2. The Kier molecular flexibility index (Phi) is 5.79. The molecule has 4 heterocycles. The fourth-order valence-electron chi connectivity index (χ4n) is 4.62. The van der Waals surface area contributed by atoms with Crippen LogP contribution in [0, 0.1) is 0 Å². The van der Waals surface area contributed by atoms with Gasteiger partial charge in [-0.1, -0.05) is 11.3 Å². The molecule has 0 spiro atoms. The van der Waals surface area contributed by atoms with Gasteiger partial charge >= 0.3 is 6.03 Å². The number of nitrogens with one attached hydrogen (secondary N) is 1. The van der Waals surface area contributed by atoms with Crippen molar-refractivity contribution >= 4 is 28.3 Å². The molecule has 174 valence electrons. The third-order valence-corrected chi connectivity index (χ3v) is 7.49. The number of carbonyl (C=O) groups excluding carboxylic acids is 1. The first kappa shape index (κ1) is 21.8. The van der Waals surface area contributed by atoms with Crippen LogP contribution < -0.4 is 11.1 Å². The summed E-state index contributed by atoms with van der Waals surface area (Å²) in [4.78, 5) is 26.4. The van der Waals surface area contributed by atoms with Gasteiger partial charge in [-0.15, -0.1) is 0 Å². The Labute approximate surface area is 197 Å². The van der Waals surface area contributed by atoms with E-state index in [1.54, 1.807) is 25.4 Å². The van der Waals surface area contributed by atoms with Gasteiger partial charge in [0.15, 0.2) is 5.13 Å². The molecule has 3 aromatic heterocycles. The number of fused-ring (bicyclic) bond motifs is 3. The number of hydrogen-bond donors (Lipinski definition) is 2. The normalized spacial score (nSPS) is 16.7. The molecule has 3 aromatic rings. The number of pyridine rings is 1. The van der Waals surface area contributed by atoms with Crippen molar-refractivity contribution in [3.8, 4) is 21.8 Å². The number of amides is 2. The van der Waals surface area contributed by atoms with Crippen molar-refractivity contribution in [3.05, 3.63) is 29.6 Å². The summed E-state index contributed by atoms with van der Waals surface area (Å²) in [6.45, 7) is 2.11. The molecular weight excluding hydrogens is 436 g/mol. The molecular formula is C23H30N8OS. The lowest BCUT2D eigenvalue weighted by Crippen LogP contribution is -2.32. The van der Waals surface area contributed by atoms with Crippen LogP contribution >= 0.6 is 11.3 Å². The third-order valence-electron chi connectivity index (χ3n) is 6.48. The van der Waals surface area contributed by atoms with E-state index in [0.717, 1.165) is 72.7 Å². The number of nitrogens with zero attached hydrogens (tertiary/aromatic N) is 6. The zero-order chi connectivity index (χ0) is 23.1. The molecule has 2 amide bonds. The van der Waals surface area contributed by atoms with Crippen molar-refractivity contribution in [2.24, 2.45) is 0 Å². The van der Waals surface area contributed by atoms with Crippen LogP contribution in [0.5, 0.6) is 0 Å². The van der Waals surface area contributed by atoms with E-state index < -0.39 is 0 Å². The number of aryl methyl sites for hydroxylation is 1. The largest absolute Gasteiger partial charge is 0.384 e. The van der Waals surface area contributed by atoms with E-state index in [4.69, 9.17) is 15.8 Å². The topological polar surface area (TPSA) is 105 Å². The van der Waals surface area contributed by atoms with Gasteiger partial charge in [0.25, 0.3) is 0 Å². The number of aromatic nitrogens is 4. The molecule has 10 heteroatoms. The summed E-state index contributed by atoms with van der Waals surface area (Å²) >= 11 is 1.55. The van der Waals surface area contributed by atoms with Gasteiger partial charge < -0.3 is 15.5 Å². The van der Waals surface area contributed by atoms with Crippen LogP contribution in [-0.4, -0.2) is 69.8 Å². The summed E-state index contributed by atoms with van der Waals surface area (Å²) < 4.78 is 2.24. The number of carbonyl (C=O) groups is 1. The molecule has 0 bridgehead atoms. The average Bonchev–Trinajstić information content (AvgIpc) is 3.31. The van der Waals surface area contributed by atoms with Crippen LogP contribution in [-0.2, 0) is 12.8 Å². The van der Waals surface area contributed by atoms with Crippen molar-refractivity contribution < 1.29 is 4.79 Å². The Morgan fingerprint density at radius 3 is 2.73 bits per heavy atom. The molecule has 0 atom stereocenters. The molecule has 1 fully saturated rings. The Bertz CT molecular complexity index is 1160. The molecule has 0 aromatic carbocycles. The Hall–Kier alpha value is -2.98. The van der Waals surface area contributed by atoms with E-state index in [1.807, 2.05) is 18.3 Å². The highest BCUT2D eigenvalue weighted by Gasteiger charge is 2.31. The lowest BCUT2D eigenvalue weighted by molar-refractivity contribution is 0.214. The first-order chi connectivity index (χ1) is 15.9. The first-order valence-electron chi connectivity index (χ1n) is 11.4. The number of hydrogen-bond acceptors (Lipinski definition) is 7. The van der Waals surface area contributed by atoms with Gasteiger partial charge in [-0.05, 0) is 64.4 Å². The Balaban J connectivity index is 1.63. The second-order valence-electron chi connectivity index (χ2n) is 9.10. The first-order valence-corrected chi connectivity index (χ1v) is 12.2. The fraction of sp³-hybridized carbons (Fsp3) is 0.478. The minimum absolute atomic E-state index is 0.170. The maximum Gasteiger partial charge on any atom is 0.323 e. The summed E-state index contributed by atoms with van der Waals surface area (Å²) in [5, 5.41) is 8.75. The summed E-state index contributed by atoms with van der Waals surface area (Å²) in [6.07, 6.45) is 6.73. The van der Waals surface area contributed by atoms with Crippen molar-refractivity contribution in [1.29, 1.82) is 0 Å². The predicted molar refractivity (Wildman–Crippen MR) is 131 cm³/mol. The second-order valence-corrected chi connectivity index (χ2v) is 10.1. The molecule has 0 unspecified atom stereocenters. The number of nitrogens with two attached hydrogens (primary N) is 1. The molecule has 1 aliphatic heterocycles. The quantitative estimate of drug-likeness (QED) is 0.612. The van der Waals surface area contributed by atoms with Gasteiger partial charge in [0.05, 0.1) is 28.0 Å². The second kappa shape index (κ2) is 8.75. The van der Waals surface area contributed by atoms with Gasteiger partial charge in [0, 0.05) is 31.4 Å². The van der Waals surface area contributed by atoms with Crippen molar-refractivity contribution in [2.45, 2.75) is 38.1 Å². The zero-order valence-electron chi connectivity index (χ0n) is 19.3. The van der Waals surface area contributed by atoms with Crippen molar-refractivity contribution in [1.82, 2.24) is 29.5 Å². The average molecular weight is 467 g/mol. The van der Waals surface area contributed by atoms with E-state index in [1.165, 1.54) is 10.5 Å². The summed E-state index contributed by atoms with van der Waals surface area (Å²) in [6, 6.07) is 4.00. The fourth-order valence-corrected chi connectivity index (χ4v) is 5.69. The van der Waals surface area contributed by atoms with E-state index in [-0.39, 0.29) is 6.03 Å². The lowest BCUT2D eigenvalue weighted by Gasteiger charge is -2.30. The van der Waals surface area contributed by atoms with Crippen molar-refractivity contribution in [3.63, 3.8) is 0 Å². The zero-order valence-corrected chi connectivity index (χ0v) is 20.2. The van der Waals surface area contributed by atoms with Gasteiger partial charge in [-0.3, -0.25) is 10.00 Å². The van der Waals surface area contributed by atoms with Crippen LogP contribution in [0.2, 0.25) is 0 Å². The number of likely N-dealkylation sites (tertiary alicyclic amines) is 1. The van der Waals surface area contributed by atoms with Crippen LogP contribution in [0.1, 0.15) is 36.6 Å². The molecule has 0 saturated carbocycles. The highest BCUT2D eigenvalue weighted by atomic mass is 32.1. The lowest BCUT2D eigenvalue weighted by atomic mass is 10.0. The van der Waals surface area contributed by atoms with E-state index in [0.29, 0.717) is 17.0 Å². The van der Waals surface area contributed by atoms with Gasteiger partial charge in [0.1, 0.15) is 5.82 Å². The standard InChI is InChI=1S/C23H30N8OS/c1-29(2)23(32)27-22-26-17-6-4-5-16-19(14-7-8-18(24)25-13-14)28-31(20(16)21(17)33-22)15-9-11-30(3)12-10-15/h7-8,13,15H,4-6,9-12H2,1-3H3,(H2,24,25)(H,26,27,32). The SMILES string of the molecule is CN1CCC(n2nc(-c3ccc(N)nc3)c3c2-c2sc(NC(=O)N(C)C)nc2CCC3)CC1. The highest BCUT2D eigenvalue weighted by molar-refractivity contribution is 7.19. The van der Waals surface area contributed by atoms with E-state index >= 15 is 0 Å². The molecule has 2 aliphatic rings. The van der Waals surface area contributed by atoms with Gasteiger partial charge in [-0.2, -0.15) is 5.10 Å². The predicted octanol–water partition coefficient (Wildman–Crippen LogP) is 3.50. The van der Waals surface area contributed by atoms with Crippen LogP contribution in [0.4, 0.5) is 15.7 Å². The number of thiazole rings is 1. The maximum atomic E-state index is 12.2. The number of rotatable bonds is 3. The summed E-state index contributed by atoms with van der Waals surface area (Å²) in [7, 11) is 5.63. The van der Waals surface area contributed by atoms with E-state index in [2.05, 4.69) is 26.9 Å². The highest BCUT2D eigenvalue weighted by Crippen LogP contribution is 2.44. The summed E-state index contributed by atoms with van der Waals surface area (Å²) in [5.41, 5.74) is 11.3. The van der Waals surface area contributed by atoms with Gasteiger partial charge in [0.2, 0.25) is 0 Å². The Morgan fingerprint density at radius 1 is 1.24 bits per heavy atom. The molecule has 0 radical (unpaired) electrons. The minimum Gasteiger partial charge on any atom is -0.384 e. The number of urea groups is 1. The molecule has 9 nitrogen and oxygen atoms in total. The molecule has 1 saturated heterocycles. The molecule has 1 aliphatic carbocycles. The Morgan fingerprint density at radius 2 is 2.03 bits per heavy atom. The third kappa shape index (κ3) is 4.20. The van der Waals surface area contributed by atoms with E-state index in [9.17, 15) is 4.79 Å². The molecule has 3 N–H and O–H groups in total. The van der Waals surface area contributed by atoms with Crippen LogP contribution in [0.3, 0.4) is 0 Å². The van der Waals surface area contributed by atoms with Crippen LogP contribution in [0.15, 0.2) is 18.3 Å². The number of nitrogen functional groups attached to an aromatic ring is 1. The summed E-state index contributed by atoms with van der Waals surface area (Å²) in [5.74, 6) is 0.505. The van der Waals surface area contributed by atoms with Crippen LogP contribution in [0.25, 0.3) is 21.8 Å². The minimum atomic E-state index is -0.170. The van der Waals surface area contributed by atoms with Crippen molar-refractivity contribution in [2.75, 3.05) is 45.3 Å². The van der Waals surface area contributed by atoms with Gasteiger partial charge in [-0.25, -0.2) is 14.8 Å². The molecule has 33 heavy (non-hydrogen) atoms. The number of piperidine rings is 1.